The number of nitrogens with one attached hydrogen (secondary N) is 1. The molecule has 2 aromatic rings. The van der Waals surface area contributed by atoms with Crippen LogP contribution >= 0.6 is 0 Å². The van der Waals surface area contributed by atoms with E-state index in [9.17, 15) is 4.79 Å². The maximum Gasteiger partial charge on any atom is 0.266 e. The molecule has 2 rings (SSSR count). The fraction of sp³-hybridized carbons (Fsp3) is 0.273. The molecule has 0 aromatic carbocycles. The Kier molecular flexibility index (Phi) is 3.50. The van der Waals surface area contributed by atoms with Crippen molar-refractivity contribution in [1.29, 1.82) is 0 Å². The first kappa shape index (κ1) is 10.6. The van der Waals surface area contributed by atoms with Gasteiger partial charge in [-0.15, -0.1) is 0 Å². The molecule has 2 heterocycles. The monoisotopic (exact) mass is 219 g/mol. The molecule has 0 spiro atoms. The molecule has 0 aliphatic heterocycles. The smallest absolute Gasteiger partial charge is 0.266 e. The zero-order valence-electron chi connectivity index (χ0n) is 8.80. The Hall–Kier alpha value is -1.88. The Bertz CT molecular complexity index is 476. The summed E-state index contributed by atoms with van der Waals surface area (Å²) in [4.78, 5) is 11.3. The van der Waals surface area contributed by atoms with E-state index in [0.29, 0.717) is 19.6 Å². The zero-order chi connectivity index (χ0) is 11.2. The van der Waals surface area contributed by atoms with Crippen LogP contribution < -0.4 is 10.9 Å². The van der Waals surface area contributed by atoms with Gasteiger partial charge in [0.1, 0.15) is 5.76 Å². The lowest BCUT2D eigenvalue weighted by Gasteiger charge is -2.04. The Morgan fingerprint density at radius 3 is 3.06 bits per heavy atom. The Labute approximate surface area is 92.7 Å². The summed E-state index contributed by atoms with van der Waals surface area (Å²) in [6, 6.07) is 6.88. The molecule has 0 radical (unpaired) electrons. The number of nitrogens with zero attached hydrogens (tertiary/aromatic N) is 2. The molecular weight excluding hydrogens is 206 g/mol. The molecule has 5 nitrogen and oxygen atoms in total. The van der Waals surface area contributed by atoms with Gasteiger partial charge in [-0.2, -0.15) is 5.10 Å². The number of aromatic nitrogens is 2. The summed E-state index contributed by atoms with van der Waals surface area (Å²) in [5.41, 5.74) is -0.0812. The Morgan fingerprint density at radius 2 is 2.31 bits per heavy atom. The van der Waals surface area contributed by atoms with Crippen molar-refractivity contribution in [3.8, 4) is 0 Å². The third-order valence-corrected chi connectivity index (χ3v) is 2.17. The van der Waals surface area contributed by atoms with Gasteiger partial charge < -0.3 is 9.73 Å². The molecule has 1 N–H and O–H groups in total. The summed E-state index contributed by atoms with van der Waals surface area (Å²) in [6.45, 7) is 1.90. The normalized spacial score (nSPS) is 10.5. The summed E-state index contributed by atoms with van der Waals surface area (Å²) in [6.07, 6.45) is 3.24. The van der Waals surface area contributed by atoms with Crippen LogP contribution in [-0.2, 0) is 13.1 Å². The van der Waals surface area contributed by atoms with Crippen LogP contribution in [0.5, 0.6) is 0 Å². The molecule has 0 unspecified atom stereocenters. The molecule has 0 amide bonds. The second-order valence-electron chi connectivity index (χ2n) is 3.34. The summed E-state index contributed by atoms with van der Waals surface area (Å²) < 4.78 is 6.59. The SMILES string of the molecule is O=c1cccnn1CCNCc1ccco1. The highest BCUT2D eigenvalue weighted by Crippen LogP contribution is 1.97. The van der Waals surface area contributed by atoms with E-state index in [2.05, 4.69) is 10.4 Å². The van der Waals surface area contributed by atoms with E-state index in [1.165, 1.54) is 10.7 Å². The van der Waals surface area contributed by atoms with Gasteiger partial charge in [0.05, 0.1) is 19.4 Å². The van der Waals surface area contributed by atoms with E-state index in [1.54, 1.807) is 18.5 Å². The molecule has 2 aromatic heterocycles. The number of furan rings is 1. The highest BCUT2D eigenvalue weighted by Gasteiger charge is 1.96. The molecule has 0 saturated heterocycles. The summed E-state index contributed by atoms with van der Waals surface area (Å²) in [7, 11) is 0. The third kappa shape index (κ3) is 2.80. The van der Waals surface area contributed by atoms with Crippen LogP contribution in [0, 0.1) is 0 Å². The van der Waals surface area contributed by atoms with Gasteiger partial charge in [-0.05, 0) is 18.2 Å². The number of hydrogen-bond donors (Lipinski definition) is 1. The van der Waals surface area contributed by atoms with Crippen LogP contribution in [0.3, 0.4) is 0 Å². The molecule has 0 aliphatic carbocycles. The largest absolute Gasteiger partial charge is 0.468 e. The van der Waals surface area contributed by atoms with Gasteiger partial charge >= 0.3 is 0 Å². The molecule has 0 fully saturated rings. The maximum atomic E-state index is 11.3. The molecule has 84 valence electrons. The Morgan fingerprint density at radius 1 is 1.38 bits per heavy atom. The van der Waals surface area contributed by atoms with Crippen molar-refractivity contribution < 1.29 is 4.42 Å². The lowest BCUT2D eigenvalue weighted by Crippen LogP contribution is -2.27. The molecule has 5 heteroatoms. The minimum atomic E-state index is -0.0812. The average molecular weight is 219 g/mol. The van der Waals surface area contributed by atoms with Crippen LogP contribution in [0.4, 0.5) is 0 Å². The minimum Gasteiger partial charge on any atom is -0.468 e. The van der Waals surface area contributed by atoms with Gasteiger partial charge in [-0.1, -0.05) is 0 Å². The topological polar surface area (TPSA) is 60.1 Å². The fourth-order valence-electron chi connectivity index (χ4n) is 1.36. The molecule has 0 atom stereocenters. The maximum absolute atomic E-state index is 11.3. The van der Waals surface area contributed by atoms with Crippen molar-refractivity contribution in [1.82, 2.24) is 15.1 Å². The second kappa shape index (κ2) is 5.27. The summed E-state index contributed by atoms with van der Waals surface area (Å²) >= 11 is 0. The van der Waals surface area contributed by atoms with Crippen molar-refractivity contribution in [2.24, 2.45) is 0 Å². The van der Waals surface area contributed by atoms with E-state index in [-0.39, 0.29) is 5.56 Å². The molecule has 0 saturated carbocycles. The van der Waals surface area contributed by atoms with Crippen molar-refractivity contribution in [2.75, 3.05) is 6.54 Å². The van der Waals surface area contributed by atoms with Crippen molar-refractivity contribution in [3.63, 3.8) is 0 Å². The van der Waals surface area contributed by atoms with E-state index in [1.807, 2.05) is 12.1 Å². The van der Waals surface area contributed by atoms with Gasteiger partial charge in [0.2, 0.25) is 0 Å². The summed E-state index contributed by atoms with van der Waals surface area (Å²) in [5.74, 6) is 0.883. The number of hydrogen-bond acceptors (Lipinski definition) is 4. The molecular formula is C11H13N3O2. The van der Waals surface area contributed by atoms with Gasteiger partial charge in [-0.25, -0.2) is 4.68 Å². The first-order valence-corrected chi connectivity index (χ1v) is 5.11. The third-order valence-electron chi connectivity index (χ3n) is 2.17. The minimum absolute atomic E-state index is 0.0812. The van der Waals surface area contributed by atoms with Crippen LogP contribution in [0.15, 0.2) is 45.9 Å². The van der Waals surface area contributed by atoms with Crippen molar-refractivity contribution in [3.05, 3.63) is 52.8 Å². The number of rotatable bonds is 5. The molecule has 0 aliphatic rings. The van der Waals surface area contributed by atoms with Gasteiger partial charge in [-0.3, -0.25) is 4.79 Å². The van der Waals surface area contributed by atoms with Gasteiger partial charge in [0.25, 0.3) is 5.56 Å². The van der Waals surface area contributed by atoms with Crippen LogP contribution in [0.1, 0.15) is 5.76 Å². The van der Waals surface area contributed by atoms with Crippen LogP contribution in [-0.4, -0.2) is 16.3 Å². The standard InChI is InChI=1S/C11H13N3O2/c15-11-4-1-5-13-14(11)7-6-12-9-10-3-2-8-16-10/h1-5,8,12H,6-7,9H2. The van der Waals surface area contributed by atoms with Crippen molar-refractivity contribution >= 4 is 0 Å². The first-order valence-electron chi connectivity index (χ1n) is 5.11. The van der Waals surface area contributed by atoms with Crippen LogP contribution in [0.2, 0.25) is 0 Å². The quantitative estimate of drug-likeness (QED) is 0.749. The predicted molar refractivity (Wildman–Crippen MR) is 58.9 cm³/mol. The van der Waals surface area contributed by atoms with Gasteiger partial charge in [0, 0.05) is 18.8 Å². The van der Waals surface area contributed by atoms with E-state index in [4.69, 9.17) is 4.42 Å². The second-order valence-corrected chi connectivity index (χ2v) is 3.34. The van der Waals surface area contributed by atoms with Gasteiger partial charge in [0.15, 0.2) is 0 Å². The highest BCUT2D eigenvalue weighted by atomic mass is 16.3. The van der Waals surface area contributed by atoms with E-state index >= 15 is 0 Å². The molecule has 0 bridgehead atoms. The van der Waals surface area contributed by atoms with Crippen LogP contribution in [0.25, 0.3) is 0 Å². The Balaban J connectivity index is 1.76. The summed E-state index contributed by atoms with van der Waals surface area (Å²) in [5, 5.41) is 7.12. The van der Waals surface area contributed by atoms with Crippen molar-refractivity contribution in [2.45, 2.75) is 13.1 Å². The average Bonchev–Trinajstić information content (AvgIpc) is 2.79. The highest BCUT2D eigenvalue weighted by molar-refractivity contribution is 4.97. The zero-order valence-corrected chi connectivity index (χ0v) is 8.80. The predicted octanol–water partition coefficient (Wildman–Crippen LogP) is 0.626. The fourth-order valence-corrected chi connectivity index (χ4v) is 1.36. The lowest BCUT2D eigenvalue weighted by molar-refractivity contribution is 0.465. The van der Waals surface area contributed by atoms with E-state index < -0.39 is 0 Å². The first-order chi connectivity index (χ1) is 7.86. The van der Waals surface area contributed by atoms with E-state index in [0.717, 1.165) is 5.76 Å². The lowest BCUT2D eigenvalue weighted by atomic mass is 10.4. The molecule has 16 heavy (non-hydrogen) atoms.